The molecule has 0 saturated heterocycles. The second kappa shape index (κ2) is 5.99. The molecule has 0 unspecified atom stereocenters. The molecule has 16 heavy (non-hydrogen) atoms. The number of methoxy groups -OCH3 is 1. The van der Waals surface area contributed by atoms with E-state index in [0.29, 0.717) is 5.76 Å². The molecule has 0 aliphatic rings. The number of carbonyl (C=O) groups is 1. The van der Waals surface area contributed by atoms with Gasteiger partial charge < -0.3 is 10.1 Å². The minimum absolute atomic E-state index is 0.168. The van der Waals surface area contributed by atoms with Gasteiger partial charge in [-0.2, -0.15) is 13.2 Å². The van der Waals surface area contributed by atoms with E-state index in [1.54, 1.807) is 18.3 Å². The molecular formula is C10H12F3NO2. The number of hydrogen-bond acceptors (Lipinski definition) is 2. The molecule has 0 atom stereocenters. The highest BCUT2D eigenvalue weighted by atomic mass is 19.4. The van der Waals surface area contributed by atoms with Crippen LogP contribution in [0, 0.1) is 0 Å². The first-order valence-electron chi connectivity index (χ1n) is 4.26. The quantitative estimate of drug-likeness (QED) is 0.599. The lowest BCUT2D eigenvalue weighted by Crippen LogP contribution is -2.35. The highest BCUT2D eigenvalue weighted by Gasteiger charge is 2.38. The van der Waals surface area contributed by atoms with Gasteiger partial charge in [0.1, 0.15) is 5.76 Å². The largest absolute Gasteiger partial charge is 0.497 e. The average molecular weight is 235 g/mol. The van der Waals surface area contributed by atoms with Crippen molar-refractivity contribution in [2.75, 3.05) is 7.11 Å². The molecule has 0 aromatic heterocycles. The summed E-state index contributed by atoms with van der Waals surface area (Å²) in [5.74, 6) is -1.61. The molecule has 0 saturated carbocycles. The summed E-state index contributed by atoms with van der Waals surface area (Å²) in [6, 6.07) is 0. The van der Waals surface area contributed by atoms with Crippen LogP contribution in [0.25, 0.3) is 0 Å². The summed E-state index contributed by atoms with van der Waals surface area (Å²) in [5.41, 5.74) is -0.168. The fraction of sp³-hybridized carbons (Fsp3) is 0.300. The predicted molar refractivity (Wildman–Crippen MR) is 53.2 cm³/mol. The lowest BCUT2D eigenvalue weighted by molar-refractivity contribution is -0.172. The monoisotopic (exact) mass is 235 g/mol. The van der Waals surface area contributed by atoms with Crippen molar-refractivity contribution in [2.24, 2.45) is 0 Å². The van der Waals surface area contributed by atoms with Gasteiger partial charge in [-0.1, -0.05) is 6.58 Å². The third-order valence-electron chi connectivity index (χ3n) is 1.50. The summed E-state index contributed by atoms with van der Waals surface area (Å²) in [6.45, 7) is 4.94. The number of hydrogen-bond donors (Lipinski definition) is 1. The summed E-state index contributed by atoms with van der Waals surface area (Å²) >= 11 is 0. The van der Waals surface area contributed by atoms with Gasteiger partial charge >= 0.3 is 12.1 Å². The van der Waals surface area contributed by atoms with E-state index in [9.17, 15) is 18.0 Å². The van der Waals surface area contributed by atoms with Gasteiger partial charge in [0, 0.05) is 5.70 Å². The molecule has 0 aromatic carbocycles. The number of nitrogens with one attached hydrogen (secondary N) is 1. The van der Waals surface area contributed by atoms with Crippen LogP contribution in [0.5, 0.6) is 0 Å². The predicted octanol–water partition coefficient (Wildman–Crippen LogP) is 2.29. The van der Waals surface area contributed by atoms with Crippen LogP contribution in [0.3, 0.4) is 0 Å². The molecule has 90 valence electrons. The summed E-state index contributed by atoms with van der Waals surface area (Å²) < 4.78 is 40.3. The number of carbonyl (C=O) groups excluding carboxylic acids is 1. The minimum atomic E-state index is -4.92. The van der Waals surface area contributed by atoms with Crippen molar-refractivity contribution >= 4 is 5.91 Å². The van der Waals surface area contributed by atoms with Crippen molar-refractivity contribution in [1.82, 2.24) is 5.32 Å². The Hall–Kier alpha value is -1.72. The van der Waals surface area contributed by atoms with Crippen LogP contribution in [0.4, 0.5) is 13.2 Å². The first kappa shape index (κ1) is 14.3. The van der Waals surface area contributed by atoms with E-state index in [2.05, 4.69) is 6.58 Å². The van der Waals surface area contributed by atoms with Gasteiger partial charge in [0.15, 0.2) is 0 Å². The fourth-order valence-corrected chi connectivity index (χ4v) is 0.723. The Morgan fingerprint density at radius 1 is 1.38 bits per heavy atom. The first-order chi connectivity index (χ1) is 7.31. The van der Waals surface area contributed by atoms with Crippen molar-refractivity contribution in [3.63, 3.8) is 0 Å². The number of alkyl halides is 3. The zero-order chi connectivity index (χ0) is 12.8. The third-order valence-corrected chi connectivity index (χ3v) is 1.50. The van der Waals surface area contributed by atoms with Gasteiger partial charge in [0.25, 0.3) is 0 Å². The summed E-state index contributed by atoms with van der Waals surface area (Å²) in [6.07, 6.45) is -0.710. The highest BCUT2D eigenvalue weighted by Crippen LogP contribution is 2.14. The van der Waals surface area contributed by atoms with Crippen LogP contribution in [-0.4, -0.2) is 19.2 Å². The molecule has 0 aromatic rings. The molecule has 0 rings (SSSR count). The van der Waals surface area contributed by atoms with E-state index in [1.807, 2.05) is 0 Å². The molecule has 0 aliphatic heterocycles. The lowest BCUT2D eigenvalue weighted by Gasteiger charge is -2.07. The van der Waals surface area contributed by atoms with Gasteiger partial charge in [0.05, 0.1) is 7.11 Å². The zero-order valence-electron chi connectivity index (χ0n) is 8.89. The molecule has 0 spiro atoms. The van der Waals surface area contributed by atoms with E-state index in [0.717, 1.165) is 0 Å². The second-order valence-corrected chi connectivity index (χ2v) is 2.71. The number of ether oxygens (including phenoxy) is 1. The molecule has 1 N–H and O–H groups in total. The maximum absolute atomic E-state index is 11.8. The van der Waals surface area contributed by atoms with Crippen LogP contribution in [0.2, 0.25) is 0 Å². The van der Waals surface area contributed by atoms with Crippen molar-refractivity contribution < 1.29 is 22.7 Å². The molecule has 3 nitrogen and oxygen atoms in total. The van der Waals surface area contributed by atoms with Crippen molar-refractivity contribution in [3.05, 3.63) is 36.3 Å². The van der Waals surface area contributed by atoms with Gasteiger partial charge in [-0.25, -0.2) is 0 Å². The molecular weight excluding hydrogens is 223 g/mol. The van der Waals surface area contributed by atoms with Gasteiger partial charge in [-0.3, -0.25) is 4.79 Å². The maximum Gasteiger partial charge on any atom is 0.471 e. The first-order valence-corrected chi connectivity index (χ1v) is 4.26. The molecule has 0 aliphatic carbocycles. The normalized spacial score (nSPS) is 12.7. The van der Waals surface area contributed by atoms with Crippen LogP contribution in [0.15, 0.2) is 36.3 Å². The van der Waals surface area contributed by atoms with Crippen LogP contribution in [0.1, 0.15) is 6.92 Å². The topological polar surface area (TPSA) is 38.3 Å². The smallest absolute Gasteiger partial charge is 0.471 e. The summed E-state index contributed by atoms with van der Waals surface area (Å²) in [5, 5.41) is 1.60. The number of allylic oxidation sites excluding steroid dienone is 3. The van der Waals surface area contributed by atoms with Crippen molar-refractivity contribution in [1.29, 1.82) is 0 Å². The van der Waals surface area contributed by atoms with Crippen molar-refractivity contribution in [3.8, 4) is 0 Å². The SMILES string of the molecule is C=C(/C=C\C(=C/C)OC)NC(=O)C(F)(F)F. The Morgan fingerprint density at radius 2 is 1.94 bits per heavy atom. The van der Waals surface area contributed by atoms with E-state index in [-0.39, 0.29) is 5.70 Å². The van der Waals surface area contributed by atoms with Crippen LogP contribution in [-0.2, 0) is 9.53 Å². The molecule has 0 radical (unpaired) electrons. The Kier molecular flexibility index (Phi) is 5.35. The average Bonchev–Trinajstić information content (AvgIpc) is 2.17. The Morgan fingerprint density at radius 3 is 2.31 bits per heavy atom. The van der Waals surface area contributed by atoms with E-state index < -0.39 is 12.1 Å². The Bertz CT molecular complexity index is 329. The molecule has 6 heteroatoms. The maximum atomic E-state index is 11.8. The molecule has 1 amide bonds. The van der Waals surface area contributed by atoms with Crippen LogP contribution >= 0.6 is 0 Å². The third kappa shape index (κ3) is 5.23. The van der Waals surface area contributed by atoms with Gasteiger partial charge in [-0.15, -0.1) is 0 Å². The van der Waals surface area contributed by atoms with Gasteiger partial charge in [-0.05, 0) is 25.2 Å². The lowest BCUT2D eigenvalue weighted by atomic mass is 10.3. The second-order valence-electron chi connectivity index (χ2n) is 2.71. The minimum Gasteiger partial charge on any atom is -0.497 e. The van der Waals surface area contributed by atoms with E-state index in [1.165, 1.54) is 19.3 Å². The van der Waals surface area contributed by atoms with Gasteiger partial charge in [0.2, 0.25) is 0 Å². The Labute approximate surface area is 91.3 Å². The van der Waals surface area contributed by atoms with E-state index >= 15 is 0 Å². The molecule has 0 fully saturated rings. The fourth-order valence-electron chi connectivity index (χ4n) is 0.723. The standard InChI is InChI=1S/C10H12F3NO2/c1-4-8(16-3)6-5-7(2)14-9(15)10(11,12)13/h4-6H,2H2,1,3H3,(H,14,15)/b6-5-,8-4+. The number of halogens is 3. The summed E-state index contributed by atoms with van der Waals surface area (Å²) in [4.78, 5) is 10.5. The van der Waals surface area contributed by atoms with E-state index in [4.69, 9.17) is 4.74 Å². The molecule has 0 bridgehead atoms. The van der Waals surface area contributed by atoms with Crippen LogP contribution < -0.4 is 5.32 Å². The molecule has 0 heterocycles. The summed E-state index contributed by atoms with van der Waals surface area (Å²) in [7, 11) is 1.41. The van der Waals surface area contributed by atoms with Crippen molar-refractivity contribution in [2.45, 2.75) is 13.1 Å². The zero-order valence-corrected chi connectivity index (χ0v) is 8.89. The Balaban J connectivity index is 4.36. The number of rotatable bonds is 4. The number of amides is 1. The highest BCUT2D eigenvalue weighted by molar-refractivity contribution is 5.83.